The van der Waals surface area contributed by atoms with E-state index in [4.69, 9.17) is 23.2 Å². The number of rotatable bonds is 4. The summed E-state index contributed by atoms with van der Waals surface area (Å²) in [6.07, 6.45) is -2.99. The molecule has 0 aliphatic rings. The van der Waals surface area contributed by atoms with E-state index in [2.05, 4.69) is 10.3 Å². The lowest BCUT2D eigenvalue weighted by atomic mass is 10.2. The third-order valence-corrected chi connectivity index (χ3v) is 5.13. The number of carbonyl (C=O) groups excluding carboxylic acids is 1. The fourth-order valence-electron chi connectivity index (χ4n) is 2.27. The van der Waals surface area contributed by atoms with Gasteiger partial charge in [-0.2, -0.15) is 13.2 Å². The summed E-state index contributed by atoms with van der Waals surface area (Å²) >= 11 is 12.9. The number of hydrogen-bond donors (Lipinski definition) is 1. The first-order valence-corrected chi connectivity index (χ1v) is 9.38. The van der Waals surface area contributed by atoms with E-state index in [1.54, 1.807) is 18.2 Å². The van der Waals surface area contributed by atoms with Crippen molar-refractivity contribution < 1.29 is 18.0 Å². The Morgan fingerprint density at radius 2 is 1.82 bits per heavy atom. The highest BCUT2D eigenvalue weighted by Crippen LogP contribution is 2.35. The smallest absolute Gasteiger partial charge is 0.321 e. The van der Waals surface area contributed by atoms with Gasteiger partial charge in [-0.1, -0.05) is 41.0 Å². The van der Waals surface area contributed by atoms with Gasteiger partial charge in [0.05, 0.1) is 21.8 Å². The largest absolute Gasteiger partial charge is 0.416 e. The number of anilines is 1. The highest BCUT2D eigenvalue weighted by atomic mass is 35.5. The molecule has 0 fully saturated rings. The molecule has 0 radical (unpaired) electrons. The molecule has 0 unspecified atom stereocenters. The molecule has 3 nitrogen and oxygen atoms in total. The van der Waals surface area contributed by atoms with Gasteiger partial charge in [0.15, 0.2) is 0 Å². The van der Waals surface area contributed by atoms with Gasteiger partial charge < -0.3 is 5.32 Å². The topological polar surface area (TPSA) is 42.0 Å². The molecule has 144 valence electrons. The van der Waals surface area contributed by atoms with Crippen LogP contribution in [0.1, 0.15) is 15.9 Å². The summed E-state index contributed by atoms with van der Waals surface area (Å²) < 4.78 is 38.7. The Labute approximate surface area is 172 Å². The maximum Gasteiger partial charge on any atom is 0.416 e. The van der Waals surface area contributed by atoms with Crippen LogP contribution in [0.5, 0.6) is 0 Å². The lowest BCUT2D eigenvalue weighted by molar-refractivity contribution is -0.137. The number of carbonyl (C=O) groups is 1. The van der Waals surface area contributed by atoms with Gasteiger partial charge in [0.1, 0.15) is 5.03 Å². The predicted molar refractivity (Wildman–Crippen MR) is 104 cm³/mol. The standard InChI is InChI=1S/C19H11Cl2F3N2OS/c20-12-6-7-16(15(21)10-12)26-17(27)14-5-2-8-25-18(14)28-13-4-1-3-11(9-13)19(22,23)24/h1-10H,(H,26,27). The second-order valence-corrected chi connectivity index (χ2v) is 7.47. The minimum Gasteiger partial charge on any atom is -0.321 e. The lowest BCUT2D eigenvalue weighted by Crippen LogP contribution is -2.14. The molecule has 1 aromatic heterocycles. The van der Waals surface area contributed by atoms with Crippen LogP contribution in [-0.2, 0) is 6.18 Å². The number of pyridine rings is 1. The van der Waals surface area contributed by atoms with E-state index in [0.29, 0.717) is 15.6 Å². The molecule has 0 aliphatic heterocycles. The van der Waals surface area contributed by atoms with Gasteiger partial charge in [0.25, 0.3) is 5.91 Å². The van der Waals surface area contributed by atoms with Crippen molar-refractivity contribution in [2.75, 3.05) is 5.32 Å². The van der Waals surface area contributed by atoms with E-state index >= 15 is 0 Å². The van der Waals surface area contributed by atoms with Crippen LogP contribution in [-0.4, -0.2) is 10.9 Å². The zero-order chi connectivity index (χ0) is 20.3. The normalized spacial score (nSPS) is 11.3. The molecule has 0 aliphatic carbocycles. The number of halogens is 5. The van der Waals surface area contributed by atoms with Gasteiger partial charge in [-0.05, 0) is 48.5 Å². The summed E-state index contributed by atoms with van der Waals surface area (Å²) in [7, 11) is 0. The van der Waals surface area contributed by atoms with Crippen molar-refractivity contribution in [2.24, 2.45) is 0 Å². The molecule has 0 saturated heterocycles. The third kappa shape index (κ3) is 4.98. The van der Waals surface area contributed by atoms with Crippen molar-refractivity contribution in [3.63, 3.8) is 0 Å². The van der Waals surface area contributed by atoms with Crippen LogP contribution in [0.2, 0.25) is 10.0 Å². The molecule has 1 heterocycles. The Morgan fingerprint density at radius 1 is 1.04 bits per heavy atom. The number of aromatic nitrogens is 1. The summed E-state index contributed by atoms with van der Waals surface area (Å²) in [6, 6.07) is 12.5. The van der Waals surface area contributed by atoms with Crippen molar-refractivity contribution in [3.05, 3.63) is 82.0 Å². The molecule has 1 amide bonds. The molecule has 0 spiro atoms. The van der Waals surface area contributed by atoms with Gasteiger partial charge in [-0.25, -0.2) is 4.98 Å². The molecule has 1 N–H and O–H groups in total. The minimum atomic E-state index is -4.45. The minimum absolute atomic E-state index is 0.205. The van der Waals surface area contributed by atoms with Gasteiger partial charge in [-0.15, -0.1) is 0 Å². The zero-order valence-electron chi connectivity index (χ0n) is 13.9. The molecule has 3 rings (SSSR count). The van der Waals surface area contributed by atoms with Crippen LogP contribution in [0, 0.1) is 0 Å². The highest BCUT2D eigenvalue weighted by Gasteiger charge is 2.30. The quantitative estimate of drug-likeness (QED) is 0.482. The average molecular weight is 443 g/mol. The van der Waals surface area contributed by atoms with Crippen molar-refractivity contribution in [1.82, 2.24) is 4.98 Å². The Balaban J connectivity index is 1.86. The average Bonchev–Trinajstić information content (AvgIpc) is 2.64. The van der Waals surface area contributed by atoms with Gasteiger partial charge >= 0.3 is 6.18 Å². The van der Waals surface area contributed by atoms with Crippen molar-refractivity contribution in [3.8, 4) is 0 Å². The summed E-state index contributed by atoms with van der Waals surface area (Å²) in [5.41, 5.74) is -0.210. The van der Waals surface area contributed by atoms with Crippen LogP contribution < -0.4 is 5.32 Å². The molecule has 28 heavy (non-hydrogen) atoms. The number of hydrogen-bond acceptors (Lipinski definition) is 3. The Kier molecular flexibility index (Phi) is 6.17. The van der Waals surface area contributed by atoms with Crippen molar-refractivity contribution in [1.29, 1.82) is 0 Å². The molecule has 3 aromatic rings. The Morgan fingerprint density at radius 3 is 2.54 bits per heavy atom. The van der Waals surface area contributed by atoms with Gasteiger partial charge in [0.2, 0.25) is 0 Å². The number of alkyl halides is 3. The second-order valence-electron chi connectivity index (χ2n) is 5.56. The lowest BCUT2D eigenvalue weighted by Gasteiger charge is -2.11. The van der Waals surface area contributed by atoms with E-state index < -0.39 is 17.6 Å². The third-order valence-electron chi connectivity index (χ3n) is 3.57. The van der Waals surface area contributed by atoms with E-state index in [9.17, 15) is 18.0 Å². The summed E-state index contributed by atoms with van der Waals surface area (Å²) in [6.45, 7) is 0. The summed E-state index contributed by atoms with van der Waals surface area (Å²) in [4.78, 5) is 17.1. The molecular weight excluding hydrogens is 432 g/mol. The maximum atomic E-state index is 12.9. The maximum absolute atomic E-state index is 12.9. The number of benzene rings is 2. The van der Waals surface area contributed by atoms with Crippen LogP contribution >= 0.6 is 35.0 Å². The van der Waals surface area contributed by atoms with Gasteiger partial charge in [0, 0.05) is 16.1 Å². The Bertz CT molecular complexity index is 1030. The van der Waals surface area contributed by atoms with Crippen LogP contribution in [0.4, 0.5) is 18.9 Å². The number of amides is 1. The molecule has 2 aromatic carbocycles. The van der Waals surface area contributed by atoms with Crippen molar-refractivity contribution in [2.45, 2.75) is 16.1 Å². The van der Waals surface area contributed by atoms with Gasteiger partial charge in [-0.3, -0.25) is 4.79 Å². The molecule has 0 saturated carbocycles. The molecule has 0 atom stereocenters. The first-order valence-electron chi connectivity index (χ1n) is 7.80. The second kappa shape index (κ2) is 8.43. The molecule has 0 bridgehead atoms. The fourth-order valence-corrected chi connectivity index (χ4v) is 3.67. The van der Waals surface area contributed by atoms with Crippen LogP contribution in [0.3, 0.4) is 0 Å². The Hall–Kier alpha value is -2.22. The molecular formula is C19H11Cl2F3N2OS. The van der Waals surface area contributed by atoms with E-state index in [0.717, 1.165) is 23.9 Å². The molecule has 9 heteroatoms. The number of nitrogens with one attached hydrogen (secondary N) is 1. The van der Waals surface area contributed by atoms with E-state index in [1.807, 2.05) is 0 Å². The monoisotopic (exact) mass is 442 g/mol. The van der Waals surface area contributed by atoms with Crippen LogP contribution in [0.15, 0.2) is 70.7 Å². The first-order chi connectivity index (χ1) is 13.2. The van der Waals surface area contributed by atoms with Crippen molar-refractivity contribution >= 4 is 46.6 Å². The van der Waals surface area contributed by atoms with E-state index in [-0.39, 0.29) is 15.6 Å². The SMILES string of the molecule is O=C(Nc1ccc(Cl)cc1Cl)c1cccnc1Sc1cccc(C(F)(F)F)c1. The predicted octanol–water partition coefficient (Wildman–Crippen LogP) is 6.81. The highest BCUT2D eigenvalue weighted by molar-refractivity contribution is 7.99. The fraction of sp³-hybridized carbons (Fsp3) is 0.0526. The van der Waals surface area contributed by atoms with E-state index in [1.165, 1.54) is 30.5 Å². The number of nitrogens with zero attached hydrogens (tertiary/aromatic N) is 1. The summed E-state index contributed by atoms with van der Waals surface area (Å²) in [5.74, 6) is -0.494. The zero-order valence-corrected chi connectivity index (χ0v) is 16.3. The van der Waals surface area contributed by atoms with Crippen LogP contribution in [0.25, 0.3) is 0 Å². The first kappa shape index (κ1) is 20.5. The summed E-state index contributed by atoms with van der Waals surface area (Å²) in [5, 5.41) is 3.60.